The number of hydrogen-bond donors (Lipinski definition) is 1. The van der Waals surface area contributed by atoms with Crippen molar-refractivity contribution in [2.45, 2.75) is 53.1 Å². The van der Waals surface area contributed by atoms with E-state index in [9.17, 15) is 4.79 Å². The highest BCUT2D eigenvalue weighted by Gasteiger charge is 2.33. The molecule has 1 aliphatic rings. The molecule has 16 heavy (non-hydrogen) atoms. The number of rotatable bonds is 3. The van der Waals surface area contributed by atoms with Gasteiger partial charge in [0.1, 0.15) is 0 Å². The van der Waals surface area contributed by atoms with Gasteiger partial charge in [-0.05, 0) is 11.8 Å². The zero-order valence-corrected chi connectivity index (χ0v) is 11.3. The van der Waals surface area contributed by atoms with Crippen molar-refractivity contribution in [1.29, 1.82) is 0 Å². The normalized spacial score (nSPS) is 26.6. The Labute approximate surface area is 99.6 Å². The van der Waals surface area contributed by atoms with E-state index in [1.54, 1.807) is 0 Å². The second kappa shape index (κ2) is 5.67. The van der Waals surface area contributed by atoms with Crippen molar-refractivity contribution >= 4 is 5.91 Å². The van der Waals surface area contributed by atoms with Crippen LogP contribution in [0.1, 0.15) is 41.0 Å². The van der Waals surface area contributed by atoms with E-state index in [2.05, 4.69) is 37.9 Å². The number of nitrogens with one attached hydrogen (secondary N) is 1. The van der Waals surface area contributed by atoms with Crippen LogP contribution < -0.4 is 5.32 Å². The summed E-state index contributed by atoms with van der Waals surface area (Å²) < 4.78 is 0. The van der Waals surface area contributed by atoms with E-state index in [0.717, 1.165) is 13.1 Å². The van der Waals surface area contributed by atoms with Gasteiger partial charge in [0.25, 0.3) is 0 Å². The molecule has 1 amide bonds. The molecule has 0 aromatic rings. The average molecular weight is 226 g/mol. The third-order valence-corrected chi connectivity index (χ3v) is 3.58. The molecule has 1 heterocycles. The van der Waals surface area contributed by atoms with Gasteiger partial charge in [0.2, 0.25) is 5.91 Å². The molecule has 3 nitrogen and oxygen atoms in total. The van der Waals surface area contributed by atoms with Crippen molar-refractivity contribution < 1.29 is 4.79 Å². The fourth-order valence-electron chi connectivity index (χ4n) is 2.33. The quantitative estimate of drug-likeness (QED) is 0.797. The summed E-state index contributed by atoms with van der Waals surface area (Å²) in [5.74, 6) is 1.40. The summed E-state index contributed by atoms with van der Waals surface area (Å²) in [6.45, 7) is 12.6. The first-order chi connectivity index (χ1) is 7.47. The molecule has 94 valence electrons. The Morgan fingerprint density at radius 1 is 1.31 bits per heavy atom. The molecule has 1 N–H and O–H groups in total. The van der Waals surface area contributed by atoms with E-state index >= 15 is 0 Å². The predicted molar refractivity (Wildman–Crippen MR) is 67.3 cm³/mol. The molecule has 0 bridgehead atoms. The minimum absolute atomic E-state index is 0.297. The molecular formula is C13H26N2O. The lowest BCUT2D eigenvalue weighted by Gasteiger charge is -2.43. The maximum atomic E-state index is 11.9. The van der Waals surface area contributed by atoms with Gasteiger partial charge in [0.05, 0.1) is 0 Å². The van der Waals surface area contributed by atoms with Gasteiger partial charge < -0.3 is 10.2 Å². The second-order valence-corrected chi connectivity index (χ2v) is 5.47. The standard InChI is InChI=1S/C13H26N2O/c1-6-13(16)15-8-11(9(2)3)14-7-12(15)10(4)5/h9-12,14H,6-8H2,1-5H3. The minimum atomic E-state index is 0.297. The van der Waals surface area contributed by atoms with Crippen LogP contribution in [0.5, 0.6) is 0 Å². The Bertz CT molecular complexity index is 238. The molecule has 1 aliphatic heterocycles. The highest BCUT2D eigenvalue weighted by Crippen LogP contribution is 2.19. The SMILES string of the molecule is CCC(=O)N1CC(C(C)C)NCC1C(C)C. The smallest absolute Gasteiger partial charge is 0.222 e. The van der Waals surface area contributed by atoms with E-state index in [1.807, 2.05) is 6.92 Å². The molecule has 0 aromatic carbocycles. The van der Waals surface area contributed by atoms with Crippen molar-refractivity contribution in [3.05, 3.63) is 0 Å². The van der Waals surface area contributed by atoms with Crippen LogP contribution in [0.15, 0.2) is 0 Å². The molecule has 0 saturated carbocycles. The number of carbonyl (C=O) groups is 1. The van der Waals surface area contributed by atoms with E-state index in [1.165, 1.54) is 0 Å². The van der Waals surface area contributed by atoms with Gasteiger partial charge in [-0.25, -0.2) is 0 Å². The molecule has 2 atom stereocenters. The van der Waals surface area contributed by atoms with Crippen LogP contribution in [-0.2, 0) is 4.79 Å². The topological polar surface area (TPSA) is 32.3 Å². The first-order valence-corrected chi connectivity index (χ1v) is 6.50. The third kappa shape index (κ3) is 2.97. The van der Waals surface area contributed by atoms with E-state index in [-0.39, 0.29) is 0 Å². The lowest BCUT2D eigenvalue weighted by atomic mass is 9.94. The van der Waals surface area contributed by atoms with Crippen molar-refractivity contribution in [3.8, 4) is 0 Å². The zero-order chi connectivity index (χ0) is 12.3. The van der Waals surface area contributed by atoms with Crippen LogP contribution in [0.4, 0.5) is 0 Å². The van der Waals surface area contributed by atoms with Crippen LogP contribution in [0.3, 0.4) is 0 Å². The van der Waals surface area contributed by atoms with E-state index in [0.29, 0.717) is 36.2 Å². The molecule has 3 heteroatoms. The molecule has 2 unspecified atom stereocenters. The highest BCUT2D eigenvalue weighted by atomic mass is 16.2. The molecule has 1 rings (SSSR count). The van der Waals surface area contributed by atoms with Gasteiger partial charge in [-0.15, -0.1) is 0 Å². The third-order valence-electron chi connectivity index (χ3n) is 3.58. The van der Waals surface area contributed by atoms with Gasteiger partial charge in [0.15, 0.2) is 0 Å². The lowest BCUT2D eigenvalue weighted by Crippen LogP contribution is -2.61. The van der Waals surface area contributed by atoms with Crippen LogP contribution in [0.25, 0.3) is 0 Å². The van der Waals surface area contributed by atoms with E-state index in [4.69, 9.17) is 0 Å². The minimum Gasteiger partial charge on any atom is -0.337 e. The fraction of sp³-hybridized carbons (Fsp3) is 0.923. The summed E-state index contributed by atoms with van der Waals surface area (Å²) >= 11 is 0. The Hall–Kier alpha value is -0.570. The van der Waals surface area contributed by atoms with Gasteiger partial charge in [-0.1, -0.05) is 34.6 Å². The zero-order valence-electron chi connectivity index (χ0n) is 11.3. The lowest BCUT2D eigenvalue weighted by molar-refractivity contribution is -0.136. The molecule has 0 aliphatic carbocycles. The summed E-state index contributed by atoms with van der Waals surface area (Å²) in [5.41, 5.74) is 0. The molecule has 1 saturated heterocycles. The predicted octanol–water partition coefficient (Wildman–Crippen LogP) is 1.88. The Morgan fingerprint density at radius 2 is 1.94 bits per heavy atom. The summed E-state index contributed by atoms with van der Waals surface area (Å²) in [6, 6.07) is 0.813. The monoisotopic (exact) mass is 226 g/mol. The second-order valence-electron chi connectivity index (χ2n) is 5.47. The van der Waals surface area contributed by atoms with Gasteiger partial charge in [0, 0.05) is 31.6 Å². The summed E-state index contributed by atoms with van der Waals surface area (Å²) in [4.78, 5) is 14.0. The van der Waals surface area contributed by atoms with Crippen LogP contribution in [0.2, 0.25) is 0 Å². The summed E-state index contributed by atoms with van der Waals surface area (Å²) in [6.07, 6.45) is 0.619. The number of carbonyl (C=O) groups excluding carboxylic acids is 1. The number of amides is 1. The first-order valence-electron chi connectivity index (χ1n) is 6.50. The molecular weight excluding hydrogens is 200 g/mol. The van der Waals surface area contributed by atoms with Gasteiger partial charge in [-0.2, -0.15) is 0 Å². The highest BCUT2D eigenvalue weighted by molar-refractivity contribution is 5.76. The van der Waals surface area contributed by atoms with Crippen molar-refractivity contribution in [2.24, 2.45) is 11.8 Å². The van der Waals surface area contributed by atoms with Gasteiger partial charge >= 0.3 is 0 Å². The van der Waals surface area contributed by atoms with Gasteiger partial charge in [-0.3, -0.25) is 4.79 Å². The Morgan fingerprint density at radius 3 is 2.38 bits per heavy atom. The number of hydrogen-bond acceptors (Lipinski definition) is 2. The number of nitrogens with zero attached hydrogens (tertiary/aromatic N) is 1. The molecule has 0 radical (unpaired) electrons. The van der Waals surface area contributed by atoms with Crippen LogP contribution in [-0.4, -0.2) is 36.0 Å². The van der Waals surface area contributed by atoms with Crippen LogP contribution >= 0.6 is 0 Å². The van der Waals surface area contributed by atoms with Crippen molar-refractivity contribution in [2.75, 3.05) is 13.1 Å². The average Bonchev–Trinajstić information content (AvgIpc) is 2.26. The number of piperazine rings is 1. The Kier molecular flexibility index (Phi) is 4.78. The molecule has 0 spiro atoms. The molecule has 1 fully saturated rings. The maximum absolute atomic E-state index is 11.9. The maximum Gasteiger partial charge on any atom is 0.222 e. The van der Waals surface area contributed by atoms with Crippen molar-refractivity contribution in [1.82, 2.24) is 10.2 Å². The largest absolute Gasteiger partial charge is 0.337 e. The molecule has 0 aromatic heterocycles. The summed E-state index contributed by atoms with van der Waals surface area (Å²) in [7, 11) is 0. The first kappa shape index (κ1) is 13.5. The van der Waals surface area contributed by atoms with Crippen LogP contribution in [0, 0.1) is 11.8 Å². The summed E-state index contributed by atoms with van der Waals surface area (Å²) in [5, 5.41) is 3.57. The Balaban J connectivity index is 2.73. The van der Waals surface area contributed by atoms with E-state index < -0.39 is 0 Å². The fourth-order valence-corrected chi connectivity index (χ4v) is 2.33. The van der Waals surface area contributed by atoms with Crippen molar-refractivity contribution in [3.63, 3.8) is 0 Å².